The van der Waals surface area contributed by atoms with E-state index in [-0.39, 0.29) is 18.1 Å². The largest absolute Gasteiger partial charge is 0.495 e. The van der Waals surface area contributed by atoms with Crippen molar-refractivity contribution >= 4 is 16.8 Å². The number of hydrogen-bond acceptors (Lipinski definition) is 5. The maximum Gasteiger partial charge on any atom is 0.266 e. The molecule has 7 heteroatoms. The van der Waals surface area contributed by atoms with E-state index in [4.69, 9.17) is 14.5 Å². The predicted molar refractivity (Wildman–Crippen MR) is 159 cm³/mol. The van der Waals surface area contributed by atoms with Gasteiger partial charge in [-0.1, -0.05) is 87.7 Å². The SMILES string of the molecule is CCCCCCN(C(=O)COCc1ccccc1)C(CC)c1nc2ccccc2c(=O)n1-c1ccccc1OC. The fourth-order valence-corrected chi connectivity index (χ4v) is 5.04. The average molecular weight is 542 g/mol. The quantitative estimate of drug-likeness (QED) is 0.171. The molecule has 0 aliphatic rings. The van der Waals surface area contributed by atoms with Gasteiger partial charge in [0.1, 0.15) is 18.2 Å². The fourth-order valence-electron chi connectivity index (χ4n) is 5.04. The first-order valence-electron chi connectivity index (χ1n) is 14.1. The predicted octanol–water partition coefficient (Wildman–Crippen LogP) is 6.47. The van der Waals surface area contributed by atoms with E-state index < -0.39 is 6.04 Å². The number of para-hydroxylation sites is 3. The number of unbranched alkanes of at least 4 members (excludes halogenated alkanes) is 3. The Morgan fingerprint density at radius 2 is 1.65 bits per heavy atom. The van der Waals surface area contributed by atoms with Gasteiger partial charge < -0.3 is 14.4 Å². The van der Waals surface area contributed by atoms with E-state index in [2.05, 4.69) is 6.92 Å². The van der Waals surface area contributed by atoms with Crippen LogP contribution in [0.1, 0.15) is 63.4 Å². The third kappa shape index (κ3) is 6.77. The number of ether oxygens (including phenoxy) is 2. The molecule has 0 radical (unpaired) electrons. The molecule has 210 valence electrons. The molecule has 0 spiro atoms. The Balaban J connectivity index is 1.76. The van der Waals surface area contributed by atoms with E-state index in [1.807, 2.05) is 84.6 Å². The molecule has 1 atom stereocenters. The third-order valence-electron chi connectivity index (χ3n) is 7.10. The van der Waals surface area contributed by atoms with E-state index >= 15 is 0 Å². The molecule has 1 amide bonds. The summed E-state index contributed by atoms with van der Waals surface area (Å²) in [7, 11) is 1.59. The molecule has 3 aromatic carbocycles. The van der Waals surface area contributed by atoms with Gasteiger partial charge in [-0.2, -0.15) is 0 Å². The first-order chi connectivity index (χ1) is 19.6. The van der Waals surface area contributed by atoms with Crippen LogP contribution in [0.25, 0.3) is 16.6 Å². The summed E-state index contributed by atoms with van der Waals surface area (Å²) in [5, 5.41) is 0.513. The lowest BCUT2D eigenvalue weighted by Gasteiger charge is -2.32. The van der Waals surface area contributed by atoms with Crippen LogP contribution in [0.3, 0.4) is 0 Å². The van der Waals surface area contributed by atoms with Gasteiger partial charge in [0.25, 0.3) is 5.56 Å². The number of hydrogen-bond donors (Lipinski definition) is 0. The number of amides is 1. The number of fused-ring (bicyclic) bond motifs is 1. The summed E-state index contributed by atoms with van der Waals surface area (Å²) in [6.07, 6.45) is 4.67. The molecule has 0 aliphatic carbocycles. The van der Waals surface area contributed by atoms with Crippen molar-refractivity contribution in [3.63, 3.8) is 0 Å². The highest BCUT2D eigenvalue weighted by Crippen LogP contribution is 2.30. The monoisotopic (exact) mass is 541 g/mol. The van der Waals surface area contributed by atoms with E-state index in [0.717, 1.165) is 31.2 Å². The minimum absolute atomic E-state index is 0.0500. The van der Waals surface area contributed by atoms with Gasteiger partial charge in [0.05, 0.1) is 36.3 Å². The van der Waals surface area contributed by atoms with Crippen LogP contribution in [-0.4, -0.2) is 40.6 Å². The molecule has 7 nitrogen and oxygen atoms in total. The standard InChI is InChI=1S/C33H39N3O4/c1-4-6-7-15-22-35(31(37)24-40-23-25-16-9-8-10-17-25)28(5-2)32-34-27-19-12-11-18-26(27)33(38)36(32)29-20-13-14-21-30(29)39-3/h8-14,16-21,28H,4-7,15,22-24H2,1-3H3. The summed E-state index contributed by atoms with van der Waals surface area (Å²) in [5.41, 5.74) is 2.02. The Morgan fingerprint density at radius 1 is 0.925 bits per heavy atom. The highest BCUT2D eigenvalue weighted by molar-refractivity contribution is 5.79. The molecule has 0 saturated heterocycles. The first kappa shape index (κ1) is 29.0. The Kier molecular flexibility index (Phi) is 10.5. The first-order valence-corrected chi connectivity index (χ1v) is 14.1. The van der Waals surface area contributed by atoms with Crippen LogP contribution in [0.5, 0.6) is 5.75 Å². The van der Waals surface area contributed by atoms with Crippen LogP contribution in [0.4, 0.5) is 0 Å². The zero-order chi connectivity index (χ0) is 28.3. The highest BCUT2D eigenvalue weighted by atomic mass is 16.5. The number of rotatable bonds is 14. The van der Waals surface area contributed by atoms with Crippen molar-refractivity contribution in [2.24, 2.45) is 0 Å². The molecule has 1 aromatic heterocycles. The van der Waals surface area contributed by atoms with Gasteiger partial charge in [-0.25, -0.2) is 4.98 Å². The van der Waals surface area contributed by atoms with Crippen molar-refractivity contribution in [1.29, 1.82) is 0 Å². The summed E-state index contributed by atoms with van der Waals surface area (Å²) < 4.78 is 13.1. The minimum Gasteiger partial charge on any atom is -0.495 e. The van der Waals surface area contributed by atoms with Crippen molar-refractivity contribution in [1.82, 2.24) is 14.5 Å². The van der Waals surface area contributed by atoms with Crippen molar-refractivity contribution in [3.05, 3.63) is 101 Å². The maximum atomic E-state index is 14.0. The van der Waals surface area contributed by atoms with Gasteiger partial charge in [-0.15, -0.1) is 0 Å². The molecule has 0 fully saturated rings. The smallest absolute Gasteiger partial charge is 0.266 e. The van der Waals surface area contributed by atoms with Crippen molar-refractivity contribution in [2.45, 2.75) is 58.6 Å². The molecule has 0 aliphatic heterocycles. The van der Waals surface area contributed by atoms with Crippen LogP contribution >= 0.6 is 0 Å². The van der Waals surface area contributed by atoms with E-state index in [1.54, 1.807) is 17.7 Å². The second kappa shape index (κ2) is 14.4. The Morgan fingerprint density at radius 3 is 2.40 bits per heavy atom. The fraction of sp³-hybridized carbons (Fsp3) is 0.364. The number of methoxy groups -OCH3 is 1. The summed E-state index contributed by atoms with van der Waals surface area (Å²) in [5.74, 6) is 0.959. The molecule has 0 N–H and O–H groups in total. The van der Waals surface area contributed by atoms with Crippen LogP contribution in [0, 0.1) is 0 Å². The highest BCUT2D eigenvalue weighted by Gasteiger charge is 2.29. The summed E-state index contributed by atoms with van der Waals surface area (Å²) >= 11 is 0. The summed E-state index contributed by atoms with van der Waals surface area (Å²) in [6.45, 7) is 5.05. The molecule has 0 saturated carbocycles. The Hall–Kier alpha value is -3.97. The third-order valence-corrected chi connectivity index (χ3v) is 7.10. The molecule has 0 bridgehead atoms. The normalized spacial score (nSPS) is 11.9. The summed E-state index contributed by atoms with van der Waals surface area (Å²) in [4.78, 5) is 34.6. The molecule has 4 aromatic rings. The van der Waals surface area contributed by atoms with Gasteiger partial charge in [0.15, 0.2) is 0 Å². The van der Waals surface area contributed by atoms with Crippen LogP contribution < -0.4 is 10.3 Å². The van der Waals surface area contributed by atoms with Crippen LogP contribution in [0.15, 0.2) is 83.7 Å². The van der Waals surface area contributed by atoms with E-state index in [9.17, 15) is 9.59 Å². The molecular weight excluding hydrogens is 502 g/mol. The average Bonchev–Trinajstić information content (AvgIpc) is 2.99. The molecule has 1 unspecified atom stereocenters. The van der Waals surface area contributed by atoms with Gasteiger partial charge in [0, 0.05) is 6.54 Å². The number of benzene rings is 3. The maximum absolute atomic E-state index is 14.0. The zero-order valence-corrected chi connectivity index (χ0v) is 23.7. The summed E-state index contributed by atoms with van der Waals surface area (Å²) in [6, 6.07) is 24.1. The minimum atomic E-state index is -0.434. The number of aromatic nitrogens is 2. The second-order valence-corrected chi connectivity index (χ2v) is 9.85. The van der Waals surface area contributed by atoms with Gasteiger partial charge in [-0.05, 0) is 42.7 Å². The molecule has 40 heavy (non-hydrogen) atoms. The van der Waals surface area contributed by atoms with Crippen LogP contribution in [-0.2, 0) is 16.1 Å². The van der Waals surface area contributed by atoms with Crippen molar-refractivity contribution < 1.29 is 14.3 Å². The Bertz CT molecular complexity index is 1450. The molecule has 4 rings (SSSR count). The topological polar surface area (TPSA) is 73.7 Å². The number of nitrogens with zero attached hydrogens (tertiary/aromatic N) is 3. The van der Waals surface area contributed by atoms with Gasteiger partial charge in [-0.3, -0.25) is 14.2 Å². The lowest BCUT2D eigenvalue weighted by atomic mass is 10.1. The molecular formula is C33H39N3O4. The van der Waals surface area contributed by atoms with Crippen molar-refractivity contribution in [3.8, 4) is 11.4 Å². The van der Waals surface area contributed by atoms with Gasteiger partial charge in [0.2, 0.25) is 5.91 Å². The zero-order valence-electron chi connectivity index (χ0n) is 23.7. The number of carbonyl (C=O) groups excluding carboxylic acids is 1. The lowest BCUT2D eigenvalue weighted by Crippen LogP contribution is -2.41. The lowest BCUT2D eigenvalue weighted by molar-refractivity contribution is -0.139. The van der Waals surface area contributed by atoms with E-state index in [1.165, 1.54) is 0 Å². The number of carbonyl (C=O) groups is 1. The molecule has 1 heterocycles. The van der Waals surface area contributed by atoms with E-state index in [0.29, 0.717) is 47.7 Å². The Labute approximate surface area is 236 Å². The van der Waals surface area contributed by atoms with Crippen molar-refractivity contribution in [2.75, 3.05) is 20.3 Å². The second-order valence-electron chi connectivity index (χ2n) is 9.85. The van der Waals surface area contributed by atoms with Crippen LogP contribution in [0.2, 0.25) is 0 Å². The van der Waals surface area contributed by atoms with Gasteiger partial charge >= 0.3 is 0 Å².